The number of carboxylic acid groups (broad SMARTS) is 1. The van der Waals surface area contributed by atoms with Crippen molar-refractivity contribution in [1.82, 2.24) is 5.32 Å². The van der Waals surface area contributed by atoms with Gasteiger partial charge in [0.2, 0.25) is 0 Å². The standard InChI is InChI=1S/C14H19NO5/c1-4-9(7-13(16)17)15-14(18)11-6-5-10(19-2)8-12(11)20-3/h5-6,8-9H,4,7H2,1-3H3,(H,15,18)(H,16,17). The van der Waals surface area contributed by atoms with E-state index in [1.807, 2.05) is 6.92 Å². The topological polar surface area (TPSA) is 84.9 Å². The minimum atomic E-state index is -0.946. The van der Waals surface area contributed by atoms with Crippen molar-refractivity contribution in [1.29, 1.82) is 0 Å². The molecule has 0 saturated heterocycles. The number of carbonyl (C=O) groups is 2. The lowest BCUT2D eigenvalue weighted by Crippen LogP contribution is -2.36. The number of hydrogen-bond acceptors (Lipinski definition) is 4. The Morgan fingerprint density at radius 1 is 1.30 bits per heavy atom. The van der Waals surface area contributed by atoms with Gasteiger partial charge in [-0.2, -0.15) is 0 Å². The van der Waals surface area contributed by atoms with Crippen molar-refractivity contribution >= 4 is 11.9 Å². The summed E-state index contributed by atoms with van der Waals surface area (Å²) in [6, 6.07) is 4.43. The van der Waals surface area contributed by atoms with E-state index in [0.717, 1.165) is 0 Å². The van der Waals surface area contributed by atoms with Crippen LogP contribution in [0.2, 0.25) is 0 Å². The van der Waals surface area contributed by atoms with Crippen LogP contribution < -0.4 is 14.8 Å². The molecule has 1 unspecified atom stereocenters. The average molecular weight is 281 g/mol. The van der Waals surface area contributed by atoms with Crippen LogP contribution in [0.15, 0.2) is 18.2 Å². The molecule has 6 heteroatoms. The van der Waals surface area contributed by atoms with Gasteiger partial charge < -0.3 is 19.9 Å². The molecule has 1 atom stereocenters. The molecule has 6 nitrogen and oxygen atoms in total. The number of rotatable bonds is 7. The number of carboxylic acids is 1. The van der Waals surface area contributed by atoms with Crippen LogP contribution >= 0.6 is 0 Å². The van der Waals surface area contributed by atoms with Crippen LogP contribution in [0.3, 0.4) is 0 Å². The number of ether oxygens (including phenoxy) is 2. The minimum absolute atomic E-state index is 0.110. The van der Waals surface area contributed by atoms with E-state index in [-0.39, 0.29) is 12.3 Å². The van der Waals surface area contributed by atoms with Gasteiger partial charge in [0.25, 0.3) is 5.91 Å². The quantitative estimate of drug-likeness (QED) is 0.794. The van der Waals surface area contributed by atoms with E-state index in [4.69, 9.17) is 14.6 Å². The van der Waals surface area contributed by atoms with Crippen LogP contribution in [0.5, 0.6) is 11.5 Å². The van der Waals surface area contributed by atoms with Crippen molar-refractivity contribution in [3.05, 3.63) is 23.8 Å². The summed E-state index contributed by atoms with van der Waals surface area (Å²) in [4.78, 5) is 22.9. The molecule has 1 aromatic rings. The highest BCUT2D eigenvalue weighted by atomic mass is 16.5. The zero-order valence-electron chi connectivity index (χ0n) is 11.8. The Labute approximate surface area is 117 Å². The summed E-state index contributed by atoms with van der Waals surface area (Å²) >= 11 is 0. The Morgan fingerprint density at radius 2 is 2.00 bits per heavy atom. The third kappa shape index (κ3) is 4.15. The lowest BCUT2D eigenvalue weighted by Gasteiger charge is -2.16. The summed E-state index contributed by atoms with van der Waals surface area (Å²) in [5.74, 6) is -0.348. The van der Waals surface area contributed by atoms with Crippen molar-refractivity contribution in [2.24, 2.45) is 0 Å². The third-order valence-corrected chi connectivity index (χ3v) is 2.90. The van der Waals surface area contributed by atoms with E-state index in [1.165, 1.54) is 14.2 Å². The fraction of sp³-hybridized carbons (Fsp3) is 0.429. The maximum absolute atomic E-state index is 12.1. The van der Waals surface area contributed by atoms with Gasteiger partial charge in [-0.1, -0.05) is 6.92 Å². The first kappa shape index (κ1) is 15.8. The predicted octanol–water partition coefficient (Wildman–Crippen LogP) is 1.69. The second-order valence-electron chi connectivity index (χ2n) is 4.24. The van der Waals surface area contributed by atoms with Crippen LogP contribution in [0.4, 0.5) is 0 Å². The Balaban J connectivity index is 2.88. The summed E-state index contributed by atoms with van der Waals surface area (Å²) in [7, 11) is 2.98. The second kappa shape index (κ2) is 7.37. The predicted molar refractivity (Wildman–Crippen MR) is 73.3 cm³/mol. The Hall–Kier alpha value is -2.24. The molecule has 110 valence electrons. The number of benzene rings is 1. The van der Waals surface area contributed by atoms with Crippen molar-refractivity contribution in [3.63, 3.8) is 0 Å². The molecule has 0 radical (unpaired) electrons. The monoisotopic (exact) mass is 281 g/mol. The van der Waals surface area contributed by atoms with Crippen molar-refractivity contribution in [3.8, 4) is 11.5 Å². The van der Waals surface area contributed by atoms with Gasteiger partial charge in [-0.3, -0.25) is 9.59 Å². The zero-order valence-corrected chi connectivity index (χ0v) is 11.8. The molecule has 0 fully saturated rings. The van der Waals surface area contributed by atoms with Gasteiger partial charge in [-0.15, -0.1) is 0 Å². The molecule has 0 aliphatic heterocycles. The molecule has 0 spiro atoms. The van der Waals surface area contributed by atoms with Gasteiger partial charge in [0.05, 0.1) is 26.2 Å². The summed E-state index contributed by atoms with van der Waals surface area (Å²) < 4.78 is 10.2. The SMILES string of the molecule is CCC(CC(=O)O)NC(=O)c1ccc(OC)cc1OC. The molecular formula is C14H19NO5. The van der Waals surface area contributed by atoms with E-state index in [9.17, 15) is 9.59 Å². The largest absolute Gasteiger partial charge is 0.497 e. The Kier molecular flexibility index (Phi) is 5.83. The van der Waals surface area contributed by atoms with Crippen LogP contribution in [0.1, 0.15) is 30.1 Å². The second-order valence-corrected chi connectivity index (χ2v) is 4.24. The van der Waals surface area contributed by atoms with E-state index >= 15 is 0 Å². The van der Waals surface area contributed by atoms with Crippen molar-refractivity contribution in [2.45, 2.75) is 25.8 Å². The summed E-state index contributed by atoms with van der Waals surface area (Å²) in [6.45, 7) is 1.82. The van der Waals surface area contributed by atoms with Crippen LogP contribution in [0, 0.1) is 0 Å². The van der Waals surface area contributed by atoms with E-state index < -0.39 is 12.0 Å². The normalized spacial score (nSPS) is 11.6. The molecule has 0 aliphatic rings. The van der Waals surface area contributed by atoms with Gasteiger partial charge >= 0.3 is 5.97 Å². The van der Waals surface area contributed by atoms with E-state index in [0.29, 0.717) is 23.5 Å². The average Bonchev–Trinajstić information content (AvgIpc) is 2.45. The fourth-order valence-electron chi connectivity index (χ4n) is 1.76. The molecular weight excluding hydrogens is 262 g/mol. The Bertz CT molecular complexity index is 486. The highest BCUT2D eigenvalue weighted by Gasteiger charge is 2.18. The maximum atomic E-state index is 12.1. The summed E-state index contributed by atoms with van der Waals surface area (Å²) in [6.07, 6.45) is 0.428. The third-order valence-electron chi connectivity index (χ3n) is 2.90. The Morgan fingerprint density at radius 3 is 2.50 bits per heavy atom. The molecule has 0 bridgehead atoms. The molecule has 0 heterocycles. The lowest BCUT2D eigenvalue weighted by molar-refractivity contribution is -0.137. The van der Waals surface area contributed by atoms with Gasteiger partial charge in [0.1, 0.15) is 11.5 Å². The maximum Gasteiger partial charge on any atom is 0.305 e. The number of methoxy groups -OCH3 is 2. The number of aliphatic carboxylic acids is 1. The van der Waals surface area contributed by atoms with Gasteiger partial charge in [-0.25, -0.2) is 0 Å². The highest BCUT2D eigenvalue weighted by molar-refractivity contribution is 5.97. The number of amides is 1. The summed E-state index contributed by atoms with van der Waals surface area (Å²) in [5.41, 5.74) is 0.345. The lowest BCUT2D eigenvalue weighted by atomic mass is 10.1. The smallest absolute Gasteiger partial charge is 0.305 e. The molecule has 0 saturated carbocycles. The molecule has 1 amide bonds. The van der Waals surface area contributed by atoms with Crippen LogP contribution in [0.25, 0.3) is 0 Å². The van der Waals surface area contributed by atoms with Crippen molar-refractivity contribution < 1.29 is 24.2 Å². The molecule has 1 rings (SSSR count). The first-order valence-electron chi connectivity index (χ1n) is 6.26. The minimum Gasteiger partial charge on any atom is -0.497 e. The number of carbonyl (C=O) groups excluding carboxylic acids is 1. The van der Waals surface area contributed by atoms with Gasteiger partial charge in [0.15, 0.2) is 0 Å². The van der Waals surface area contributed by atoms with Crippen LogP contribution in [-0.2, 0) is 4.79 Å². The molecule has 0 aliphatic carbocycles. The molecule has 2 N–H and O–H groups in total. The molecule has 0 aromatic heterocycles. The van der Waals surface area contributed by atoms with Crippen molar-refractivity contribution in [2.75, 3.05) is 14.2 Å². The van der Waals surface area contributed by atoms with Gasteiger partial charge in [0, 0.05) is 12.1 Å². The zero-order chi connectivity index (χ0) is 15.1. The number of nitrogens with one attached hydrogen (secondary N) is 1. The molecule has 20 heavy (non-hydrogen) atoms. The highest BCUT2D eigenvalue weighted by Crippen LogP contribution is 2.24. The van der Waals surface area contributed by atoms with Gasteiger partial charge in [-0.05, 0) is 18.6 Å². The number of hydrogen-bond donors (Lipinski definition) is 2. The first-order chi connectivity index (χ1) is 9.51. The molecule has 1 aromatic carbocycles. The first-order valence-corrected chi connectivity index (χ1v) is 6.26. The van der Waals surface area contributed by atoms with E-state index in [2.05, 4.69) is 5.32 Å². The van der Waals surface area contributed by atoms with Crippen LogP contribution in [-0.4, -0.2) is 37.2 Å². The fourth-order valence-corrected chi connectivity index (χ4v) is 1.76. The summed E-state index contributed by atoms with van der Waals surface area (Å²) in [5, 5.41) is 11.5. The van der Waals surface area contributed by atoms with E-state index in [1.54, 1.807) is 18.2 Å².